The molecule has 2 aromatic rings. The van der Waals surface area contributed by atoms with Crippen molar-refractivity contribution in [2.75, 3.05) is 56.2 Å². The van der Waals surface area contributed by atoms with Crippen molar-refractivity contribution >= 4 is 23.0 Å². The van der Waals surface area contributed by atoms with Gasteiger partial charge >= 0.3 is 12.4 Å². The van der Waals surface area contributed by atoms with Crippen LogP contribution in [0.1, 0.15) is 17.5 Å². The molecule has 0 spiro atoms. The second-order valence-electron chi connectivity index (χ2n) is 8.23. The number of ether oxygens (including phenoxy) is 1. The van der Waals surface area contributed by atoms with Crippen molar-refractivity contribution in [3.05, 3.63) is 63.7 Å². The molecule has 202 valence electrons. The number of nitrogens with zero attached hydrogens (tertiary/aromatic N) is 3. The van der Waals surface area contributed by atoms with Crippen molar-refractivity contribution in [2.24, 2.45) is 0 Å². The second kappa shape index (κ2) is 11.7. The third-order valence-electron chi connectivity index (χ3n) is 5.71. The standard InChI is InChI=1S/C23H24F6N4O4/c24-22(25,26)16-2-5-18(6-3-16)31-9-11-32(12-10-31)21(34)15-37-13-1-8-30-17-4-7-20(33(35)36)19(14-17)23(27,28)29/h2-7,14,30H,1,8-13,15H2. The number of amides is 1. The van der Waals surface area contributed by atoms with Gasteiger partial charge in [-0.2, -0.15) is 26.3 Å². The lowest BCUT2D eigenvalue weighted by Crippen LogP contribution is -2.49. The highest BCUT2D eigenvalue weighted by Gasteiger charge is 2.38. The molecule has 1 aliphatic rings. The number of hydrogen-bond acceptors (Lipinski definition) is 6. The number of carbonyl (C=O) groups excluding carboxylic acids is 1. The van der Waals surface area contributed by atoms with E-state index in [0.717, 1.165) is 18.2 Å². The van der Waals surface area contributed by atoms with Gasteiger partial charge in [-0.1, -0.05) is 0 Å². The van der Waals surface area contributed by atoms with Gasteiger partial charge in [0.15, 0.2) is 0 Å². The second-order valence-corrected chi connectivity index (χ2v) is 8.23. The van der Waals surface area contributed by atoms with Crippen LogP contribution >= 0.6 is 0 Å². The van der Waals surface area contributed by atoms with E-state index < -0.39 is 34.1 Å². The van der Waals surface area contributed by atoms with Crippen molar-refractivity contribution in [3.8, 4) is 0 Å². The van der Waals surface area contributed by atoms with Crippen LogP contribution in [0.3, 0.4) is 0 Å². The Bertz CT molecular complexity index is 1080. The Morgan fingerprint density at radius 2 is 1.62 bits per heavy atom. The van der Waals surface area contributed by atoms with E-state index in [9.17, 15) is 41.3 Å². The first kappa shape index (κ1) is 28.0. The van der Waals surface area contributed by atoms with Crippen LogP contribution in [0.2, 0.25) is 0 Å². The van der Waals surface area contributed by atoms with Crippen LogP contribution in [0.4, 0.5) is 43.4 Å². The molecule has 1 aliphatic heterocycles. The minimum atomic E-state index is -4.87. The number of hydrogen-bond donors (Lipinski definition) is 1. The van der Waals surface area contributed by atoms with Gasteiger partial charge in [-0.3, -0.25) is 14.9 Å². The minimum Gasteiger partial charge on any atom is -0.385 e. The quantitative estimate of drug-likeness (QED) is 0.215. The molecule has 0 unspecified atom stereocenters. The number of benzene rings is 2. The maximum absolute atomic E-state index is 13.0. The van der Waals surface area contributed by atoms with E-state index in [2.05, 4.69) is 5.32 Å². The minimum absolute atomic E-state index is 0.0694. The topological polar surface area (TPSA) is 87.9 Å². The molecule has 8 nitrogen and oxygen atoms in total. The Morgan fingerprint density at radius 3 is 2.19 bits per heavy atom. The molecule has 1 N–H and O–H groups in total. The van der Waals surface area contributed by atoms with Gasteiger partial charge in [0, 0.05) is 56.8 Å². The number of nitro groups is 1. The van der Waals surface area contributed by atoms with E-state index in [4.69, 9.17) is 4.74 Å². The highest BCUT2D eigenvalue weighted by molar-refractivity contribution is 5.77. The summed E-state index contributed by atoms with van der Waals surface area (Å²) >= 11 is 0. The largest absolute Gasteiger partial charge is 0.423 e. The maximum Gasteiger partial charge on any atom is 0.423 e. The Morgan fingerprint density at radius 1 is 0.973 bits per heavy atom. The number of nitrogens with one attached hydrogen (secondary N) is 1. The zero-order valence-electron chi connectivity index (χ0n) is 19.4. The van der Waals surface area contributed by atoms with Gasteiger partial charge in [0.1, 0.15) is 12.2 Å². The molecule has 1 heterocycles. The molecule has 14 heteroatoms. The predicted octanol–water partition coefficient (Wildman–Crippen LogP) is 4.80. The van der Waals surface area contributed by atoms with Crippen LogP contribution in [-0.4, -0.2) is 61.7 Å². The highest BCUT2D eigenvalue weighted by Crippen LogP contribution is 2.37. The normalized spacial score (nSPS) is 14.5. The first-order chi connectivity index (χ1) is 17.4. The van der Waals surface area contributed by atoms with Gasteiger partial charge in [-0.05, 0) is 42.8 Å². The summed E-state index contributed by atoms with van der Waals surface area (Å²) in [5, 5.41) is 13.5. The number of rotatable bonds is 9. The highest BCUT2D eigenvalue weighted by atomic mass is 19.4. The average Bonchev–Trinajstić information content (AvgIpc) is 2.85. The Hall–Kier alpha value is -3.55. The third kappa shape index (κ3) is 7.71. The molecular formula is C23H24F6N4O4. The summed E-state index contributed by atoms with van der Waals surface area (Å²) in [4.78, 5) is 25.5. The molecule has 0 aliphatic carbocycles. The molecule has 0 atom stereocenters. The van der Waals surface area contributed by atoms with Gasteiger partial charge in [-0.15, -0.1) is 0 Å². The van der Waals surface area contributed by atoms with Crippen LogP contribution in [0.5, 0.6) is 0 Å². The summed E-state index contributed by atoms with van der Waals surface area (Å²) in [7, 11) is 0. The molecule has 0 bridgehead atoms. The third-order valence-corrected chi connectivity index (χ3v) is 5.71. The fourth-order valence-corrected chi connectivity index (χ4v) is 3.77. The summed E-state index contributed by atoms with van der Waals surface area (Å²) < 4.78 is 82.6. The molecule has 3 rings (SSSR count). The summed E-state index contributed by atoms with van der Waals surface area (Å²) in [5.74, 6) is -0.245. The monoisotopic (exact) mass is 534 g/mol. The van der Waals surface area contributed by atoms with Gasteiger partial charge < -0.3 is 19.9 Å². The number of halogens is 6. The van der Waals surface area contributed by atoms with Gasteiger partial charge in [0.05, 0.1) is 10.5 Å². The zero-order valence-corrected chi connectivity index (χ0v) is 19.4. The van der Waals surface area contributed by atoms with Crippen molar-refractivity contribution < 1.29 is 40.8 Å². The molecule has 1 saturated heterocycles. The van der Waals surface area contributed by atoms with E-state index in [-0.39, 0.29) is 31.4 Å². The van der Waals surface area contributed by atoms with Crippen molar-refractivity contribution in [3.63, 3.8) is 0 Å². The fraction of sp³-hybridized carbons (Fsp3) is 0.435. The SMILES string of the molecule is O=C(COCCCNc1ccc([N+](=O)[O-])c(C(F)(F)F)c1)N1CCN(c2ccc(C(F)(F)F)cc2)CC1. The molecule has 2 aromatic carbocycles. The lowest BCUT2D eigenvalue weighted by atomic mass is 10.1. The van der Waals surface area contributed by atoms with Crippen LogP contribution in [0, 0.1) is 10.1 Å². The lowest BCUT2D eigenvalue weighted by Gasteiger charge is -2.36. The average molecular weight is 534 g/mol. The zero-order chi connectivity index (χ0) is 27.2. The van der Waals surface area contributed by atoms with E-state index in [1.807, 2.05) is 4.90 Å². The predicted molar refractivity (Wildman–Crippen MR) is 122 cm³/mol. The van der Waals surface area contributed by atoms with E-state index in [1.165, 1.54) is 18.2 Å². The number of alkyl halides is 6. The first-order valence-electron chi connectivity index (χ1n) is 11.2. The van der Waals surface area contributed by atoms with Crippen LogP contribution < -0.4 is 10.2 Å². The van der Waals surface area contributed by atoms with Crippen LogP contribution in [0.25, 0.3) is 0 Å². The summed E-state index contributed by atoms with van der Waals surface area (Å²) in [5.41, 5.74) is -2.39. The van der Waals surface area contributed by atoms with E-state index in [1.54, 1.807) is 4.90 Å². The lowest BCUT2D eigenvalue weighted by molar-refractivity contribution is -0.388. The summed E-state index contributed by atoms with van der Waals surface area (Å²) in [6.07, 6.45) is -8.90. The molecule has 0 radical (unpaired) electrons. The summed E-state index contributed by atoms with van der Waals surface area (Å²) in [6, 6.07) is 7.49. The molecular weight excluding hydrogens is 510 g/mol. The van der Waals surface area contributed by atoms with Crippen molar-refractivity contribution in [1.82, 2.24) is 4.90 Å². The van der Waals surface area contributed by atoms with Gasteiger partial charge in [-0.25, -0.2) is 0 Å². The maximum atomic E-state index is 13.0. The summed E-state index contributed by atoms with van der Waals surface area (Å²) in [6.45, 7) is 1.86. The Labute approximate surface area is 207 Å². The molecule has 1 amide bonds. The van der Waals surface area contributed by atoms with Crippen LogP contribution in [0.15, 0.2) is 42.5 Å². The molecule has 1 fully saturated rings. The van der Waals surface area contributed by atoms with E-state index in [0.29, 0.717) is 44.4 Å². The fourth-order valence-electron chi connectivity index (χ4n) is 3.77. The number of nitro benzene ring substituents is 1. The number of carbonyl (C=O) groups is 1. The molecule has 0 saturated carbocycles. The van der Waals surface area contributed by atoms with Crippen LogP contribution in [-0.2, 0) is 21.9 Å². The molecule has 37 heavy (non-hydrogen) atoms. The molecule has 0 aromatic heterocycles. The van der Waals surface area contributed by atoms with Gasteiger partial charge in [0.2, 0.25) is 5.91 Å². The number of anilines is 2. The Balaban J connectivity index is 1.36. The van der Waals surface area contributed by atoms with Crippen molar-refractivity contribution in [1.29, 1.82) is 0 Å². The Kier molecular flexibility index (Phi) is 8.84. The van der Waals surface area contributed by atoms with E-state index >= 15 is 0 Å². The first-order valence-corrected chi connectivity index (χ1v) is 11.2. The number of piperazine rings is 1. The van der Waals surface area contributed by atoms with Gasteiger partial charge in [0.25, 0.3) is 5.69 Å². The van der Waals surface area contributed by atoms with Crippen molar-refractivity contribution in [2.45, 2.75) is 18.8 Å². The smallest absolute Gasteiger partial charge is 0.385 e.